The molecule has 1 aliphatic heterocycles. The lowest BCUT2D eigenvalue weighted by atomic mass is 10.0. The van der Waals surface area contributed by atoms with Gasteiger partial charge >= 0.3 is 0 Å². The van der Waals surface area contributed by atoms with E-state index in [1.807, 2.05) is 0 Å². The van der Waals surface area contributed by atoms with Gasteiger partial charge in [0.05, 0.1) is 0 Å². The molecule has 0 spiro atoms. The Bertz CT molecular complexity index is 404. The molecule has 3 heteroatoms. The Morgan fingerprint density at radius 3 is 2.50 bits per heavy atom. The van der Waals surface area contributed by atoms with Gasteiger partial charge in [-0.1, -0.05) is 50.6 Å². The molecule has 1 aromatic rings. The maximum atomic E-state index is 3.78. The minimum absolute atomic E-state index is 0.489. The van der Waals surface area contributed by atoms with E-state index in [1.54, 1.807) is 0 Å². The maximum absolute atomic E-state index is 3.78. The molecule has 1 heterocycles. The van der Waals surface area contributed by atoms with Crippen LogP contribution in [0.1, 0.15) is 44.4 Å². The van der Waals surface area contributed by atoms with Gasteiger partial charge in [-0.3, -0.25) is 0 Å². The molecule has 4 atom stereocenters. The molecule has 0 saturated carbocycles. The molecule has 4 unspecified atom stereocenters. The summed E-state index contributed by atoms with van der Waals surface area (Å²) in [5.74, 6) is 1.26. The van der Waals surface area contributed by atoms with Crippen LogP contribution in [0, 0.1) is 6.92 Å². The number of hydrogen-bond acceptors (Lipinski definition) is 3. The summed E-state index contributed by atoms with van der Waals surface area (Å²) in [5, 5.41) is 5.98. The van der Waals surface area contributed by atoms with Crippen LogP contribution in [0.25, 0.3) is 0 Å². The second-order valence-electron chi connectivity index (χ2n) is 5.76. The molecule has 1 N–H and O–H groups in total. The Morgan fingerprint density at radius 2 is 1.90 bits per heavy atom. The fourth-order valence-corrected chi connectivity index (χ4v) is 5.64. The van der Waals surface area contributed by atoms with Crippen molar-refractivity contribution in [2.24, 2.45) is 0 Å². The van der Waals surface area contributed by atoms with E-state index in [1.165, 1.54) is 23.3 Å². The van der Waals surface area contributed by atoms with Gasteiger partial charge in [0.2, 0.25) is 0 Å². The summed E-state index contributed by atoms with van der Waals surface area (Å²) in [6, 6.07) is 9.57. The molecule has 1 aromatic carbocycles. The number of thioether (sulfide) groups is 2. The van der Waals surface area contributed by atoms with Crippen molar-refractivity contribution in [3.8, 4) is 0 Å². The van der Waals surface area contributed by atoms with Gasteiger partial charge in [-0.15, -0.1) is 0 Å². The van der Waals surface area contributed by atoms with Crippen LogP contribution in [0.2, 0.25) is 0 Å². The summed E-state index contributed by atoms with van der Waals surface area (Å²) in [6.45, 7) is 10.2. The molecule has 1 nitrogen and oxygen atoms in total. The first-order valence-electron chi connectivity index (χ1n) is 7.68. The second kappa shape index (κ2) is 7.77. The highest BCUT2D eigenvalue weighted by molar-refractivity contribution is 8.07. The van der Waals surface area contributed by atoms with E-state index >= 15 is 0 Å². The van der Waals surface area contributed by atoms with Crippen molar-refractivity contribution in [3.63, 3.8) is 0 Å². The molecule has 0 aromatic heterocycles. The summed E-state index contributed by atoms with van der Waals surface area (Å²) < 4.78 is 0. The van der Waals surface area contributed by atoms with Crippen molar-refractivity contribution in [1.29, 1.82) is 0 Å². The smallest absolute Gasteiger partial charge is 0.0448 e. The lowest BCUT2D eigenvalue weighted by molar-refractivity contribution is 0.528. The van der Waals surface area contributed by atoms with Crippen molar-refractivity contribution < 1.29 is 0 Å². The van der Waals surface area contributed by atoms with Gasteiger partial charge < -0.3 is 5.32 Å². The van der Waals surface area contributed by atoms with E-state index in [0.717, 1.165) is 17.0 Å². The van der Waals surface area contributed by atoms with Crippen LogP contribution < -0.4 is 5.32 Å². The normalized spacial score (nSPS) is 28.3. The average molecular weight is 310 g/mol. The van der Waals surface area contributed by atoms with Gasteiger partial charge in [-0.25, -0.2) is 0 Å². The van der Waals surface area contributed by atoms with Crippen LogP contribution in [-0.2, 0) is 0 Å². The Balaban J connectivity index is 2.12. The van der Waals surface area contributed by atoms with Gasteiger partial charge in [-0.2, -0.15) is 23.5 Å². The summed E-state index contributed by atoms with van der Waals surface area (Å²) in [4.78, 5) is 0. The van der Waals surface area contributed by atoms with Crippen molar-refractivity contribution in [2.45, 2.75) is 55.9 Å². The first-order valence-corrected chi connectivity index (χ1v) is 9.68. The molecule has 0 amide bonds. The zero-order valence-corrected chi connectivity index (χ0v) is 14.7. The number of hydrogen-bond donors (Lipinski definition) is 1. The second-order valence-corrected chi connectivity index (χ2v) is 8.79. The minimum Gasteiger partial charge on any atom is -0.309 e. The van der Waals surface area contributed by atoms with Crippen molar-refractivity contribution in [3.05, 3.63) is 35.4 Å². The van der Waals surface area contributed by atoms with E-state index in [-0.39, 0.29) is 0 Å². The predicted octanol–water partition coefficient (Wildman–Crippen LogP) is 4.66. The first-order chi connectivity index (χ1) is 9.61. The third-order valence-corrected chi connectivity index (χ3v) is 7.49. The first kappa shape index (κ1) is 16.3. The van der Waals surface area contributed by atoms with Crippen LogP contribution in [0.5, 0.6) is 0 Å². The molecule has 2 rings (SSSR count). The number of rotatable bonds is 5. The zero-order chi connectivity index (χ0) is 14.5. The van der Waals surface area contributed by atoms with E-state index in [0.29, 0.717) is 11.3 Å². The van der Waals surface area contributed by atoms with Gasteiger partial charge in [-0.05, 0) is 25.5 Å². The third-order valence-electron chi connectivity index (χ3n) is 4.00. The highest BCUT2D eigenvalue weighted by Crippen LogP contribution is 2.41. The lowest BCUT2D eigenvalue weighted by Crippen LogP contribution is -2.37. The van der Waals surface area contributed by atoms with Gasteiger partial charge in [0, 0.05) is 27.5 Å². The van der Waals surface area contributed by atoms with E-state index in [4.69, 9.17) is 0 Å². The summed E-state index contributed by atoms with van der Waals surface area (Å²) in [7, 11) is 0. The highest BCUT2D eigenvalue weighted by Gasteiger charge is 2.31. The molecular weight excluding hydrogens is 282 g/mol. The molecule has 1 saturated heterocycles. The van der Waals surface area contributed by atoms with Gasteiger partial charge in [0.1, 0.15) is 0 Å². The molecule has 0 radical (unpaired) electrons. The van der Waals surface area contributed by atoms with E-state index in [2.05, 4.69) is 80.8 Å². The molecule has 112 valence electrons. The average Bonchev–Trinajstić information content (AvgIpc) is 2.45. The van der Waals surface area contributed by atoms with E-state index < -0.39 is 0 Å². The Hall–Kier alpha value is -0.120. The third kappa shape index (κ3) is 4.19. The monoisotopic (exact) mass is 309 g/mol. The fraction of sp³-hybridized carbons (Fsp3) is 0.647. The summed E-state index contributed by atoms with van der Waals surface area (Å²) in [5.41, 5.74) is 2.79. The van der Waals surface area contributed by atoms with Crippen molar-refractivity contribution >= 4 is 23.5 Å². The maximum Gasteiger partial charge on any atom is 0.0448 e. The number of benzene rings is 1. The predicted molar refractivity (Wildman–Crippen MR) is 95.0 cm³/mol. The molecule has 20 heavy (non-hydrogen) atoms. The minimum atomic E-state index is 0.489. The van der Waals surface area contributed by atoms with Gasteiger partial charge in [0.15, 0.2) is 0 Å². The number of aryl methyl sites for hydroxylation is 1. The summed E-state index contributed by atoms with van der Waals surface area (Å²) in [6.07, 6.45) is 1.19. The number of nitrogens with one attached hydrogen (secondary N) is 1. The molecule has 1 aliphatic rings. The highest BCUT2D eigenvalue weighted by atomic mass is 32.2. The van der Waals surface area contributed by atoms with Gasteiger partial charge in [0.25, 0.3) is 0 Å². The Kier molecular flexibility index (Phi) is 6.31. The largest absolute Gasteiger partial charge is 0.309 e. The molecule has 1 fully saturated rings. The zero-order valence-electron chi connectivity index (χ0n) is 13.1. The fourth-order valence-electron chi connectivity index (χ4n) is 2.52. The van der Waals surface area contributed by atoms with Crippen LogP contribution in [-0.4, -0.2) is 28.0 Å². The standard InChI is InChI=1S/C17H27NS2/c1-5-10-18-17(15-8-6-12(2)7-9-15)16-11-19-13(3)14(4)20-16/h6-9,13-14,16-18H,5,10-11H2,1-4H3. The topological polar surface area (TPSA) is 12.0 Å². The van der Waals surface area contributed by atoms with Crippen LogP contribution in [0.4, 0.5) is 0 Å². The lowest BCUT2D eigenvalue weighted by Gasteiger charge is -2.36. The van der Waals surface area contributed by atoms with Crippen LogP contribution in [0.15, 0.2) is 24.3 Å². The molecular formula is C17H27NS2. The van der Waals surface area contributed by atoms with E-state index in [9.17, 15) is 0 Å². The van der Waals surface area contributed by atoms with Crippen molar-refractivity contribution in [1.82, 2.24) is 5.32 Å². The quantitative estimate of drug-likeness (QED) is 0.849. The SMILES string of the molecule is CCCNC(c1ccc(C)cc1)C1CSC(C)C(C)S1. The molecule has 0 aliphatic carbocycles. The molecule has 0 bridgehead atoms. The Morgan fingerprint density at radius 1 is 1.20 bits per heavy atom. The van der Waals surface area contributed by atoms with Crippen LogP contribution in [0.3, 0.4) is 0 Å². The summed E-state index contributed by atoms with van der Waals surface area (Å²) >= 11 is 4.30. The van der Waals surface area contributed by atoms with Crippen molar-refractivity contribution in [2.75, 3.05) is 12.3 Å². The van der Waals surface area contributed by atoms with Crippen LogP contribution >= 0.6 is 23.5 Å². The Labute approximate surface area is 132 Å².